The van der Waals surface area contributed by atoms with Crippen LogP contribution in [-0.4, -0.2) is 54.5 Å². The number of nitrogens with zero attached hydrogens (tertiary/aromatic N) is 2. The van der Waals surface area contributed by atoms with Gasteiger partial charge in [0.15, 0.2) is 0 Å². The van der Waals surface area contributed by atoms with Crippen LogP contribution in [0.5, 0.6) is 5.75 Å². The van der Waals surface area contributed by atoms with Crippen LogP contribution >= 0.6 is 11.8 Å². The van der Waals surface area contributed by atoms with E-state index in [4.69, 9.17) is 14.2 Å². The summed E-state index contributed by atoms with van der Waals surface area (Å²) < 4.78 is 46.6. The van der Waals surface area contributed by atoms with E-state index in [9.17, 15) is 13.7 Å². The van der Waals surface area contributed by atoms with Crippen LogP contribution in [0.4, 0.5) is 8.78 Å². The van der Waals surface area contributed by atoms with Crippen LogP contribution in [-0.2, 0) is 22.3 Å². The van der Waals surface area contributed by atoms with Gasteiger partial charge in [-0.05, 0) is 90.9 Å². The molecule has 45 heavy (non-hydrogen) atoms. The van der Waals surface area contributed by atoms with Gasteiger partial charge in [0.05, 0.1) is 24.9 Å². The number of aryl methyl sites for hydroxylation is 1. The van der Waals surface area contributed by atoms with Crippen molar-refractivity contribution >= 4 is 11.8 Å². The highest BCUT2D eigenvalue weighted by Gasteiger charge is 2.34. The highest BCUT2D eigenvalue weighted by Crippen LogP contribution is 2.37. The van der Waals surface area contributed by atoms with Crippen molar-refractivity contribution in [1.29, 1.82) is 0 Å². The van der Waals surface area contributed by atoms with Gasteiger partial charge in [0.25, 0.3) is 0 Å². The van der Waals surface area contributed by atoms with Crippen molar-refractivity contribution in [2.45, 2.75) is 87.7 Å². The molecule has 0 spiro atoms. The topological polar surface area (TPSA) is 60.4 Å². The zero-order valence-corrected chi connectivity index (χ0v) is 26.8. The maximum atomic E-state index is 14.2. The van der Waals surface area contributed by atoms with Crippen molar-refractivity contribution < 1.29 is 23.0 Å². The van der Waals surface area contributed by atoms with E-state index in [1.54, 1.807) is 11.8 Å². The fraction of sp³-hybridized carbons (Fsp3) is 0.500. The van der Waals surface area contributed by atoms with Crippen LogP contribution in [0.1, 0.15) is 79.1 Å². The standard InChI is InChI=1S/C36H42F2N2O4S/c1-3-24-6-7-25(35-19-28(39-41)20-36(44-35)45-2)17-26(24)16-23-4-10-30(11-5-23)43-31-14-15-40(21-31)29-9-13-34(42-22-29)32-18-27(37)8-12-33(32)38/h4-8,10-12,17-18,28-29,31,34-36H,3,9,13-16,19-22H2,1-2H3. The molecular formula is C36H42F2N2O4S. The molecule has 6 rings (SSSR count). The van der Waals surface area contributed by atoms with Crippen molar-refractivity contribution in [3.63, 3.8) is 0 Å². The minimum absolute atomic E-state index is 0.0127. The van der Waals surface area contributed by atoms with Crippen LogP contribution in [0, 0.1) is 16.5 Å². The fourth-order valence-electron chi connectivity index (χ4n) is 6.98. The number of nitroso groups, excluding NO2 is 1. The van der Waals surface area contributed by atoms with E-state index in [-0.39, 0.29) is 29.7 Å². The number of ether oxygens (including phenoxy) is 3. The lowest BCUT2D eigenvalue weighted by Gasteiger charge is -2.35. The van der Waals surface area contributed by atoms with Gasteiger partial charge >= 0.3 is 0 Å². The molecule has 9 heteroatoms. The molecule has 0 aromatic heterocycles. The first-order valence-electron chi connectivity index (χ1n) is 16.1. The highest BCUT2D eigenvalue weighted by molar-refractivity contribution is 7.99. The zero-order chi connectivity index (χ0) is 31.3. The van der Waals surface area contributed by atoms with E-state index < -0.39 is 17.7 Å². The molecule has 6 nitrogen and oxygen atoms in total. The van der Waals surface area contributed by atoms with Gasteiger partial charge in [0.1, 0.15) is 28.9 Å². The van der Waals surface area contributed by atoms with Gasteiger partial charge in [-0.1, -0.05) is 42.4 Å². The average molecular weight is 637 g/mol. The molecule has 0 saturated carbocycles. The summed E-state index contributed by atoms with van der Waals surface area (Å²) in [5.41, 5.74) is 5.21. The second-order valence-electron chi connectivity index (χ2n) is 12.5. The summed E-state index contributed by atoms with van der Waals surface area (Å²) in [7, 11) is 0. The molecule has 0 aliphatic carbocycles. The molecular weight excluding hydrogens is 594 g/mol. The first-order valence-corrected chi connectivity index (χ1v) is 17.4. The molecule has 0 bridgehead atoms. The van der Waals surface area contributed by atoms with E-state index in [2.05, 4.69) is 59.5 Å². The van der Waals surface area contributed by atoms with Crippen LogP contribution in [0.15, 0.2) is 65.8 Å². The smallest absolute Gasteiger partial charge is 0.129 e. The lowest BCUT2D eigenvalue weighted by molar-refractivity contribution is -0.0361. The summed E-state index contributed by atoms with van der Waals surface area (Å²) >= 11 is 1.63. The minimum Gasteiger partial charge on any atom is -0.489 e. The average Bonchev–Trinajstić information content (AvgIpc) is 3.55. The third-order valence-electron chi connectivity index (χ3n) is 9.53. The molecule has 0 radical (unpaired) electrons. The number of benzene rings is 3. The van der Waals surface area contributed by atoms with Gasteiger partial charge in [0.2, 0.25) is 0 Å². The summed E-state index contributed by atoms with van der Waals surface area (Å²) in [6, 6.07) is 18.6. The maximum Gasteiger partial charge on any atom is 0.129 e. The number of likely N-dealkylation sites (tertiary alicyclic amines) is 1. The first kappa shape index (κ1) is 32.1. The molecule has 3 aromatic carbocycles. The molecule has 240 valence electrons. The van der Waals surface area contributed by atoms with Crippen LogP contribution in [0.25, 0.3) is 0 Å². The quantitative estimate of drug-likeness (QED) is 0.209. The van der Waals surface area contributed by atoms with Crippen molar-refractivity contribution in [3.8, 4) is 5.75 Å². The minimum atomic E-state index is -0.438. The van der Waals surface area contributed by atoms with Crippen LogP contribution in [0.3, 0.4) is 0 Å². The lowest BCUT2D eigenvalue weighted by atomic mass is 9.91. The number of rotatable bonds is 10. The van der Waals surface area contributed by atoms with Crippen molar-refractivity contribution in [2.24, 2.45) is 5.18 Å². The molecule has 0 N–H and O–H groups in total. The normalized spacial score (nSPS) is 27.4. The Balaban J connectivity index is 1.02. The third-order valence-corrected chi connectivity index (χ3v) is 10.4. The molecule has 0 amide bonds. The monoisotopic (exact) mass is 636 g/mol. The number of hydrogen-bond acceptors (Lipinski definition) is 7. The highest BCUT2D eigenvalue weighted by atomic mass is 32.2. The molecule has 3 heterocycles. The van der Waals surface area contributed by atoms with Crippen LogP contribution < -0.4 is 4.74 Å². The van der Waals surface area contributed by atoms with Gasteiger partial charge in [-0.25, -0.2) is 8.78 Å². The van der Waals surface area contributed by atoms with E-state index in [0.29, 0.717) is 31.4 Å². The Morgan fingerprint density at radius 2 is 1.82 bits per heavy atom. The second-order valence-corrected chi connectivity index (χ2v) is 13.5. The summed E-state index contributed by atoms with van der Waals surface area (Å²) in [4.78, 5) is 13.8. The number of halogens is 2. The Morgan fingerprint density at radius 1 is 0.978 bits per heavy atom. The summed E-state index contributed by atoms with van der Waals surface area (Å²) in [5, 5.41) is 3.35. The number of thioether (sulfide) groups is 1. The molecule has 3 fully saturated rings. The summed E-state index contributed by atoms with van der Waals surface area (Å²) in [5.74, 6) is 0.0129. The Morgan fingerprint density at radius 3 is 2.56 bits per heavy atom. The van der Waals surface area contributed by atoms with Crippen molar-refractivity contribution in [1.82, 2.24) is 4.90 Å². The Labute approximate surface area is 268 Å². The fourth-order valence-corrected chi connectivity index (χ4v) is 7.64. The Bertz CT molecular complexity index is 1450. The first-order chi connectivity index (χ1) is 21.9. The molecule has 6 unspecified atom stereocenters. The zero-order valence-electron chi connectivity index (χ0n) is 26.0. The molecule has 3 saturated heterocycles. The summed E-state index contributed by atoms with van der Waals surface area (Å²) in [6.07, 6.45) is 7.12. The van der Waals surface area contributed by atoms with Gasteiger partial charge in [-0.15, -0.1) is 11.8 Å². The molecule has 3 aromatic rings. The molecule has 3 aliphatic rings. The van der Waals surface area contributed by atoms with Gasteiger partial charge in [-0.2, -0.15) is 4.91 Å². The maximum absolute atomic E-state index is 14.2. The number of hydrogen-bond donors (Lipinski definition) is 0. The van der Waals surface area contributed by atoms with E-state index in [1.165, 1.54) is 28.8 Å². The van der Waals surface area contributed by atoms with E-state index >= 15 is 0 Å². The third kappa shape index (κ3) is 7.76. The van der Waals surface area contributed by atoms with Crippen molar-refractivity contribution in [3.05, 3.63) is 105 Å². The van der Waals surface area contributed by atoms with E-state index in [1.807, 2.05) is 6.26 Å². The SMILES string of the molecule is CCc1ccc(C2CC(N=O)CC(SC)O2)cc1Cc1ccc(OC2CCN(C3CCC(c4cc(F)ccc4F)OC3)C2)cc1. The molecule has 6 atom stereocenters. The predicted octanol–water partition coefficient (Wildman–Crippen LogP) is 8.17. The summed E-state index contributed by atoms with van der Waals surface area (Å²) in [6.45, 7) is 4.43. The Kier molecular flexibility index (Phi) is 10.5. The second kappa shape index (κ2) is 14.7. The van der Waals surface area contributed by atoms with Gasteiger partial charge in [-0.3, -0.25) is 4.90 Å². The van der Waals surface area contributed by atoms with Gasteiger partial charge in [0, 0.05) is 37.5 Å². The van der Waals surface area contributed by atoms with Crippen LogP contribution in [0.2, 0.25) is 0 Å². The van der Waals surface area contributed by atoms with E-state index in [0.717, 1.165) is 56.2 Å². The predicted molar refractivity (Wildman–Crippen MR) is 174 cm³/mol. The van der Waals surface area contributed by atoms with Crippen molar-refractivity contribution in [2.75, 3.05) is 26.0 Å². The lowest BCUT2D eigenvalue weighted by Crippen LogP contribution is -2.41. The largest absolute Gasteiger partial charge is 0.489 e. The Hall–Kier alpha value is -2.85. The van der Waals surface area contributed by atoms with Gasteiger partial charge < -0.3 is 14.2 Å². The molecule has 3 aliphatic heterocycles.